The SMILES string of the molecule is Cc1ccc2nc(CN3CC[C@](C)(O)C(C)(C)C3)cn2c1. The van der Waals surface area contributed by atoms with E-state index >= 15 is 0 Å². The number of rotatable bonds is 2. The van der Waals surface area contributed by atoms with E-state index in [4.69, 9.17) is 4.98 Å². The average molecular weight is 287 g/mol. The van der Waals surface area contributed by atoms with Crippen LogP contribution in [-0.2, 0) is 6.54 Å². The molecule has 0 saturated carbocycles. The van der Waals surface area contributed by atoms with Crippen LogP contribution in [0.1, 0.15) is 38.4 Å². The number of imidazole rings is 1. The summed E-state index contributed by atoms with van der Waals surface area (Å²) >= 11 is 0. The number of pyridine rings is 1. The van der Waals surface area contributed by atoms with Gasteiger partial charge in [-0.1, -0.05) is 19.9 Å². The molecule has 2 aromatic heterocycles. The fourth-order valence-corrected chi connectivity index (χ4v) is 3.12. The minimum absolute atomic E-state index is 0.0962. The number of piperidine rings is 1. The van der Waals surface area contributed by atoms with Crippen LogP contribution in [0.4, 0.5) is 0 Å². The minimum Gasteiger partial charge on any atom is -0.390 e. The lowest BCUT2D eigenvalue weighted by molar-refractivity contribution is -0.107. The highest BCUT2D eigenvalue weighted by Crippen LogP contribution is 2.38. The molecule has 4 nitrogen and oxygen atoms in total. The van der Waals surface area contributed by atoms with Crippen LogP contribution in [-0.4, -0.2) is 38.1 Å². The molecule has 1 atom stereocenters. The third-order valence-electron chi connectivity index (χ3n) is 5.03. The summed E-state index contributed by atoms with van der Waals surface area (Å²) in [5.41, 5.74) is 2.65. The molecule has 114 valence electrons. The molecule has 1 N–H and O–H groups in total. The molecule has 0 unspecified atom stereocenters. The summed E-state index contributed by atoms with van der Waals surface area (Å²) in [7, 11) is 0. The molecule has 0 amide bonds. The summed E-state index contributed by atoms with van der Waals surface area (Å²) in [5.74, 6) is 0. The van der Waals surface area contributed by atoms with Gasteiger partial charge in [0, 0.05) is 37.4 Å². The van der Waals surface area contributed by atoms with Crippen molar-refractivity contribution in [3.63, 3.8) is 0 Å². The summed E-state index contributed by atoms with van der Waals surface area (Å²) in [5, 5.41) is 10.5. The number of nitrogens with zero attached hydrogens (tertiary/aromatic N) is 3. The van der Waals surface area contributed by atoms with Crippen molar-refractivity contribution in [2.24, 2.45) is 5.41 Å². The topological polar surface area (TPSA) is 40.8 Å². The third kappa shape index (κ3) is 2.70. The van der Waals surface area contributed by atoms with Gasteiger partial charge in [0.05, 0.1) is 11.3 Å². The summed E-state index contributed by atoms with van der Waals surface area (Å²) < 4.78 is 2.09. The zero-order chi connectivity index (χ0) is 15.3. The van der Waals surface area contributed by atoms with E-state index in [1.165, 1.54) is 5.56 Å². The highest BCUT2D eigenvalue weighted by atomic mass is 16.3. The van der Waals surface area contributed by atoms with Crippen LogP contribution in [0.2, 0.25) is 0 Å². The molecule has 2 aromatic rings. The second-order valence-electron chi connectivity index (χ2n) is 7.32. The second-order valence-corrected chi connectivity index (χ2v) is 7.32. The van der Waals surface area contributed by atoms with Crippen molar-refractivity contribution >= 4 is 5.65 Å². The first-order valence-electron chi connectivity index (χ1n) is 7.66. The van der Waals surface area contributed by atoms with E-state index in [2.05, 4.69) is 54.6 Å². The molecule has 1 saturated heterocycles. The number of hydrogen-bond acceptors (Lipinski definition) is 3. The Morgan fingerprint density at radius 2 is 2.00 bits per heavy atom. The molecule has 0 bridgehead atoms. The Kier molecular flexibility index (Phi) is 3.34. The Balaban J connectivity index is 1.77. The van der Waals surface area contributed by atoms with Crippen LogP contribution in [0.3, 0.4) is 0 Å². The maximum absolute atomic E-state index is 10.5. The molecule has 0 spiro atoms. The van der Waals surface area contributed by atoms with E-state index in [9.17, 15) is 5.11 Å². The van der Waals surface area contributed by atoms with Gasteiger partial charge >= 0.3 is 0 Å². The standard InChI is InChI=1S/C17H25N3O/c1-13-5-6-15-18-14(11-20(15)9-13)10-19-8-7-17(4,21)16(2,3)12-19/h5-6,9,11,21H,7-8,10,12H2,1-4H3/t17-/m0/s1. The van der Waals surface area contributed by atoms with E-state index in [0.717, 1.165) is 37.4 Å². The van der Waals surface area contributed by atoms with Crippen molar-refractivity contribution in [1.82, 2.24) is 14.3 Å². The number of fused-ring (bicyclic) bond motifs is 1. The molecule has 1 aliphatic rings. The van der Waals surface area contributed by atoms with E-state index in [-0.39, 0.29) is 5.41 Å². The Bertz CT molecular complexity index is 657. The van der Waals surface area contributed by atoms with Crippen LogP contribution in [0.25, 0.3) is 5.65 Å². The molecule has 3 heterocycles. The van der Waals surface area contributed by atoms with Gasteiger partial charge in [-0.05, 0) is 31.9 Å². The van der Waals surface area contributed by atoms with Gasteiger partial charge in [-0.15, -0.1) is 0 Å². The molecular weight excluding hydrogens is 262 g/mol. The van der Waals surface area contributed by atoms with Gasteiger partial charge in [-0.25, -0.2) is 4.98 Å². The largest absolute Gasteiger partial charge is 0.390 e. The first-order valence-corrected chi connectivity index (χ1v) is 7.66. The lowest BCUT2D eigenvalue weighted by atomic mass is 9.71. The monoisotopic (exact) mass is 287 g/mol. The van der Waals surface area contributed by atoms with E-state index < -0.39 is 5.60 Å². The number of hydrogen-bond donors (Lipinski definition) is 1. The number of aryl methyl sites for hydroxylation is 1. The average Bonchev–Trinajstić information content (AvgIpc) is 2.75. The van der Waals surface area contributed by atoms with Crippen molar-refractivity contribution < 1.29 is 5.11 Å². The molecular formula is C17H25N3O. The summed E-state index contributed by atoms with van der Waals surface area (Å²) in [6.45, 7) is 11.0. The highest BCUT2D eigenvalue weighted by molar-refractivity contribution is 5.41. The predicted octanol–water partition coefficient (Wildman–Crippen LogP) is 2.63. The predicted molar refractivity (Wildman–Crippen MR) is 84.2 cm³/mol. The van der Waals surface area contributed by atoms with Gasteiger partial charge in [0.1, 0.15) is 5.65 Å². The Morgan fingerprint density at radius 1 is 1.24 bits per heavy atom. The van der Waals surface area contributed by atoms with E-state index in [1.54, 1.807) is 0 Å². The first-order chi connectivity index (χ1) is 9.77. The Morgan fingerprint density at radius 3 is 2.71 bits per heavy atom. The molecule has 21 heavy (non-hydrogen) atoms. The maximum Gasteiger partial charge on any atom is 0.137 e. The van der Waals surface area contributed by atoms with Crippen LogP contribution in [0, 0.1) is 12.3 Å². The molecule has 4 heteroatoms. The van der Waals surface area contributed by atoms with E-state index in [1.807, 2.05) is 6.92 Å². The van der Waals surface area contributed by atoms with Gasteiger partial charge in [0.2, 0.25) is 0 Å². The number of likely N-dealkylation sites (tertiary alicyclic amines) is 1. The van der Waals surface area contributed by atoms with Crippen LogP contribution in [0.15, 0.2) is 24.5 Å². The van der Waals surface area contributed by atoms with Gasteiger partial charge < -0.3 is 9.51 Å². The normalized spacial score (nSPS) is 26.3. The third-order valence-corrected chi connectivity index (χ3v) is 5.03. The van der Waals surface area contributed by atoms with Crippen LogP contribution < -0.4 is 0 Å². The lowest BCUT2D eigenvalue weighted by Crippen LogP contribution is -2.55. The van der Waals surface area contributed by atoms with Crippen molar-refractivity contribution in [3.8, 4) is 0 Å². The Labute approximate surface area is 126 Å². The van der Waals surface area contributed by atoms with E-state index in [0.29, 0.717) is 0 Å². The summed E-state index contributed by atoms with van der Waals surface area (Å²) in [4.78, 5) is 7.09. The van der Waals surface area contributed by atoms with Gasteiger partial charge in [0.25, 0.3) is 0 Å². The van der Waals surface area contributed by atoms with Gasteiger partial charge in [0.15, 0.2) is 0 Å². The Hall–Kier alpha value is -1.39. The molecule has 1 aliphatic heterocycles. The molecule has 0 aliphatic carbocycles. The molecule has 0 radical (unpaired) electrons. The van der Waals surface area contributed by atoms with Crippen molar-refractivity contribution in [1.29, 1.82) is 0 Å². The zero-order valence-corrected chi connectivity index (χ0v) is 13.4. The van der Waals surface area contributed by atoms with Gasteiger partial charge in [-0.2, -0.15) is 0 Å². The van der Waals surface area contributed by atoms with Gasteiger partial charge in [-0.3, -0.25) is 4.90 Å². The highest BCUT2D eigenvalue weighted by Gasteiger charge is 2.43. The second kappa shape index (κ2) is 4.82. The summed E-state index contributed by atoms with van der Waals surface area (Å²) in [6, 6.07) is 4.15. The minimum atomic E-state index is -0.584. The first kappa shape index (κ1) is 14.5. The summed E-state index contributed by atoms with van der Waals surface area (Å²) in [6.07, 6.45) is 5.03. The molecule has 1 fully saturated rings. The lowest BCUT2D eigenvalue weighted by Gasteiger charge is -2.48. The fourth-order valence-electron chi connectivity index (χ4n) is 3.12. The quantitative estimate of drug-likeness (QED) is 0.923. The number of aliphatic hydroxyl groups is 1. The zero-order valence-electron chi connectivity index (χ0n) is 13.4. The molecule has 3 rings (SSSR count). The smallest absolute Gasteiger partial charge is 0.137 e. The maximum atomic E-state index is 10.5. The number of aromatic nitrogens is 2. The fraction of sp³-hybridized carbons (Fsp3) is 0.588. The molecule has 0 aromatic carbocycles. The van der Waals surface area contributed by atoms with Crippen LogP contribution >= 0.6 is 0 Å². The van der Waals surface area contributed by atoms with Crippen molar-refractivity contribution in [2.75, 3.05) is 13.1 Å². The van der Waals surface area contributed by atoms with Crippen LogP contribution in [0.5, 0.6) is 0 Å². The van der Waals surface area contributed by atoms with Crippen molar-refractivity contribution in [2.45, 2.75) is 46.3 Å². The van der Waals surface area contributed by atoms with Crippen molar-refractivity contribution in [3.05, 3.63) is 35.8 Å².